The third-order valence-corrected chi connectivity index (χ3v) is 4.47. The van der Waals surface area contributed by atoms with Gasteiger partial charge in [-0.15, -0.1) is 0 Å². The summed E-state index contributed by atoms with van der Waals surface area (Å²) in [6, 6.07) is 12.6. The number of hydrogen-bond acceptors (Lipinski definition) is 3. The number of aryl methyl sites for hydroxylation is 1. The van der Waals surface area contributed by atoms with E-state index in [-0.39, 0.29) is 17.7 Å². The molecule has 0 bridgehead atoms. The van der Waals surface area contributed by atoms with Gasteiger partial charge >= 0.3 is 0 Å². The molecule has 1 aliphatic rings. The summed E-state index contributed by atoms with van der Waals surface area (Å²) in [6.07, 6.45) is 3.00. The van der Waals surface area contributed by atoms with Crippen LogP contribution in [0, 0.1) is 12.8 Å². The van der Waals surface area contributed by atoms with Crippen molar-refractivity contribution in [3.05, 3.63) is 53.6 Å². The van der Waals surface area contributed by atoms with Crippen LogP contribution in [0.3, 0.4) is 0 Å². The molecule has 5 nitrogen and oxygen atoms in total. The number of carbonyl (C=O) groups is 2. The molecule has 0 unspecified atom stereocenters. The molecule has 2 N–H and O–H groups in total. The van der Waals surface area contributed by atoms with Crippen molar-refractivity contribution in [3.63, 3.8) is 0 Å². The van der Waals surface area contributed by atoms with Gasteiger partial charge in [0.25, 0.3) is 5.91 Å². The van der Waals surface area contributed by atoms with Crippen molar-refractivity contribution in [1.29, 1.82) is 0 Å². The number of methoxy groups -OCH3 is 1. The van der Waals surface area contributed by atoms with E-state index in [4.69, 9.17) is 4.74 Å². The van der Waals surface area contributed by atoms with Gasteiger partial charge in [0.2, 0.25) is 5.91 Å². The Morgan fingerprint density at radius 2 is 1.88 bits per heavy atom. The zero-order valence-electron chi connectivity index (χ0n) is 14.5. The minimum atomic E-state index is -0.218. The fraction of sp³-hybridized carbons (Fsp3) is 0.300. The lowest BCUT2D eigenvalue weighted by Crippen LogP contribution is -2.28. The Bertz CT molecular complexity index is 797. The second-order valence-corrected chi connectivity index (χ2v) is 6.36. The molecule has 1 aliphatic carbocycles. The van der Waals surface area contributed by atoms with E-state index in [1.54, 1.807) is 31.4 Å². The minimum absolute atomic E-state index is 0.0346. The van der Waals surface area contributed by atoms with E-state index < -0.39 is 0 Å². The molecule has 3 rings (SSSR count). The summed E-state index contributed by atoms with van der Waals surface area (Å²) < 4.78 is 5.32. The van der Waals surface area contributed by atoms with Gasteiger partial charge in [-0.3, -0.25) is 9.59 Å². The smallest absolute Gasteiger partial charge is 0.255 e. The van der Waals surface area contributed by atoms with Crippen molar-refractivity contribution in [2.75, 3.05) is 17.7 Å². The molecule has 5 heteroatoms. The van der Waals surface area contributed by atoms with Crippen molar-refractivity contribution < 1.29 is 14.3 Å². The van der Waals surface area contributed by atoms with Gasteiger partial charge < -0.3 is 15.4 Å². The highest BCUT2D eigenvalue weighted by molar-refractivity contribution is 6.05. The van der Waals surface area contributed by atoms with Crippen LogP contribution in [0.15, 0.2) is 42.5 Å². The van der Waals surface area contributed by atoms with Crippen LogP contribution < -0.4 is 15.4 Å². The number of hydrogen-bond donors (Lipinski definition) is 2. The van der Waals surface area contributed by atoms with Crippen molar-refractivity contribution >= 4 is 23.2 Å². The van der Waals surface area contributed by atoms with Crippen LogP contribution >= 0.6 is 0 Å². The maximum Gasteiger partial charge on any atom is 0.255 e. The van der Waals surface area contributed by atoms with E-state index in [9.17, 15) is 9.59 Å². The van der Waals surface area contributed by atoms with Gasteiger partial charge in [0.15, 0.2) is 0 Å². The SMILES string of the molecule is COc1ccc(NC(=O)C2CCC2)cc1NC(=O)c1cccc(C)c1. The van der Waals surface area contributed by atoms with Crippen LogP contribution in [0.5, 0.6) is 5.75 Å². The number of amides is 2. The molecule has 0 heterocycles. The van der Waals surface area contributed by atoms with Crippen LogP contribution in [-0.2, 0) is 4.79 Å². The van der Waals surface area contributed by atoms with E-state index in [1.165, 1.54) is 0 Å². The summed E-state index contributed by atoms with van der Waals surface area (Å²) in [5.41, 5.74) is 2.77. The molecule has 25 heavy (non-hydrogen) atoms. The summed E-state index contributed by atoms with van der Waals surface area (Å²) >= 11 is 0. The molecule has 0 radical (unpaired) electrons. The first-order valence-corrected chi connectivity index (χ1v) is 8.44. The molecule has 0 atom stereocenters. The summed E-state index contributed by atoms with van der Waals surface area (Å²) in [6.45, 7) is 1.94. The van der Waals surface area contributed by atoms with E-state index in [2.05, 4.69) is 10.6 Å². The van der Waals surface area contributed by atoms with Gasteiger partial charge in [-0.2, -0.15) is 0 Å². The van der Waals surface area contributed by atoms with Crippen LogP contribution in [0.1, 0.15) is 35.2 Å². The Kier molecular flexibility index (Phi) is 5.03. The molecule has 0 aliphatic heterocycles. The molecule has 0 saturated heterocycles. The van der Waals surface area contributed by atoms with Gasteiger partial charge in [-0.05, 0) is 50.1 Å². The van der Waals surface area contributed by atoms with Gasteiger partial charge in [0.05, 0.1) is 12.8 Å². The van der Waals surface area contributed by atoms with E-state index in [1.807, 2.05) is 25.1 Å². The molecule has 0 spiro atoms. The first-order valence-electron chi connectivity index (χ1n) is 8.44. The number of benzene rings is 2. The monoisotopic (exact) mass is 338 g/mol. The van der Waals surface area contributed by atoms with E-state index >= 15 is 0 Å². The van der Waals surface area contributed by atoms with Gasteiger partial charge in [-0.1, -0.05) is 24.1 Å². The van der Waals surface area contributed by atoms with Crippen LogP contribution in [-0.4, -0.2) is 18.9 Å². The first kappa shape index (κ1) is 17.0. The number of rotatable bonds is 5. The normalized spacial score (nSPS) is 13.7. The molecule has 2 aromatic rings. The first-order chi connectivity index (χ1) is 12.1. The predicted octanol–water partition coefficient (Wildman–Crippen LogP) is 3.99. The maximum atomic E-state index is 12.5. The van der Waals surface area contributed by atoms with Crippen LogP contribution in [0.4, 0.5) is 11.4 Å². The second kappa shape index (κ2) is 7.38. The van der Waals surface area contributed by atoms with Crippen molar-refractivity contribution in [1.82, 2.24) is 0 Å². The number of carbonyl (C=O) groups excluding carboxylic acids is 2. The summed E-state index contributed by atoms with van der Waals surface area (Å²) in [5.74, 6) is 0.465. The summed E-state index contributed by atoms with van der Waals surface area (Å²) in [5, 5.41) is 5.77. The fourth-order valence-electron chi connectivity index (χ4n) is 2.78. The molecule has 2 amide bonds. The molecule has 1 saturated carbocycles. The lowest BCUT2D eigenvalue weighted by atomic mass is 9.85. The highest BCUT2D eigenvalue weighted by Gasteiger charge is 2.25. The highest BCUT2D eigenvalue weighted by Crippen LogP contribution is 2.31. The molecule has 130 valence electrons. The standard InChI is InChI=1S/C20H22N2O3/c1-13-5-3-8-15(11-13)20(24)22-17-12-16(9-10-18(17)25-2)21-19(23)14-6-4-7-14/h3,5,8-12,14H,4,6-7H2,1-2H3,(H,21,23)(H,22,24). The van der Waals surface area contributed by atoms with Crippen LogP contribution in [0.25, 0.3) is 0 Å². The van der Waals surface area contributed by atoms with Gasteiger partial charge in [0.1, 0.15) is 5.75 Å². The Balaban J connectivity index is 1.77. The molecular weight excluding hydrogens is 316 g/mol. The maximum absolute atomic E-state index is 12.5. The third-order valence-electron chi connectivity index (χ3n) is 4.47. The summed E-state index contributed by atoms with van der Waals surface area (Å²) in [4.78, 5) is 24.6. The number of anilines is 2. The average Bonchev–Trinajstić information content (AvgIpc) is 2.53. The van der Waals surface area contributed by atoms with Crippen molar-refractivity contribution in [3.8, 4) is 5.75 Å². The fourth-order valence-corrected chi connectivity index (χ4v) is 2.78. The predicted molar refractivity (Wildman–Crippen MR) is 98.1 cm³/mol. The number of ether oxygens (including phenoxy) is 1. The van der Waals surface area contributed by atoms with Crippen molar-refractivity contribution in [2.24, 2.45) is 5.92 Å². The Morgan fingerprint density at radius 1 is 1.08 bits per heavy atom. The second-order valence-electron chi connectivity index (χ2n) is 6.36. The molecule has 0 aromatic heterocycles. The quantitative estimate of drug-likeness (QED) is 0.866. The van der Waals surface area contributed by atoms with Crippen molar-refractivity contribution in [2.45, 2.75) is 26.2 Å². The van der Waals surface area contributed by atoms with Gasteiger partial charge in [0, 0.05) is 17.2 Å². The topological polar surface area (TPSA) is 67.4 Å². The molecule has 1 fully saturated rings. The zero-order valence-corrected chi connectivity index (χ0v) is 14.5. The average molecular weight is 338 g/mol. The number of nitrogens with one attached hydrogen (secondary N) is 2. The Labute approximate surface area is 147 Å². The summed E-state index contributed by atoms with van der Waals surface area (Å²) in [7, 11) is 1.55. The Hall–Kier alpha value is -2.82. The lowest BCUT2D eigenvalue weighted by molar-refractivity contribution is -0.122. The van der Waals surface area contributed by atoms with E-state index in [0.29, 0.717) is 22.7 Å². The van der Waals surface area contributed by atoms with E-state index in [0.717, 1.165) is 24.8 Å². The Morgan fingerprint density at radius 3 is 2.52 bits per heavy atom. The minimum Gasteiger partial charge on any atom is -0.495 e. The lowest BCUT2D eigenvalue weighted by Gasteiger charge is -2.24. The molecular formula is C20H22N2O3. The highest BCUT2D eigenvalue weighted by atomic mass is 16.5. The third kappa shape index (κ3) is 3.99. The molecule has 2 aromatic carbocycles. The zero-order chi connectivity index (χ0) is 17.8. The largest absolute Gasteiger partial charge is 0.495 e. The van der Waals surface area contributed by atoms with Gasteiger partial charge in [-0.25, -0.2) is 0 Å². The van der Waals surface area contributed by atoms with Crippen LogP contribution in [0.2, 0.25) is 0 Å².